The molecular weight excluding hydrogens is 252 g/mol. The summed E-state index contributed by atoms with van der Waals surface area (Å²) in [5.74, 6) is 2.39. The molecular formula is C16H22N2O2. The van der Waals surface area contributed by atoms with Gasteiger partial charge in [-0.3, -0.25) is 4.79 Å². The Labute approximate surface area is 119 Å². The second-order valence-electron chi connectivity index (χ2n) is 7.44. The third kappa shape index (κ3) is 1.54. The summed E-state index contributed by atoms with van der Waals surface area (Å²) in [6.07, 6.45) is 9.40. The molecule has 4 nitrogen and oxygen atoms in total. The summed E-state index contributed by atoms with van der Waals surface area (Å²) in [6.45, 7) is 3.42. The van der Waals surface area contributed by atoms with Gasteiger partial charge in [-0.25, -0.2) is 9.30 Å². The number of ketones is 1. The number of hydrogen-bond acceptors (Lipinski definition) is 2. The highest BCUT2D eigenvalue weighted by molar-refractivity contribution is 5.91. The first-order valence-electron chi connectivity index (χ1n) is 7.81. The lowest BCUT2D eigenvalue weighted by Gasteiger charge is -2.54. The van der Waals surface area contributed by atoms with E-state index in [1.807, 2.05) is 6.92 Å². The lowest BCUT2D eigenvalue weighted by atomic mass is 9.53. The normalized spacial score (nSPS) is 38.4. The van der Waals surface area contributed by atoms with Crippen molar-refractivity contribution in [2.24, 2.45) is 17.8 Å². The number of carbonyl (C=O) groups is 1. The molecule has 0 saturated heterocycles. The summed E-state index contributed by atoms with van der Waals surface area (Å²) >= 11 is 0. The van der Waals surface area contributed by atoms with Crippen LogP contribution in [0.5, 0.6) is 0 Å². The molecule has 0 unspecified atom stereocenters. The highest BCUT2D eigenvalue weighted by atomic mass is 16.5. The van der Waals surface area contributed by atoms with Gasteiger partial charge in [-0.05, 0) is 56.3 Å². The Bertz CT molecular complexity index is 552. The van der Waals surface area contributed by atoms with Crippen molar-refractivity contribution in [2.45, 2.75) is 57.9 Å². The van der Waals surface area contributed by atoms with Crippen LogP contribution >= 0.6 is 0 Å². The lowest BCUT2D eigenvalue weighted by Crippen LogP contribution is -2.52. The van der Waals surface area contributed by atoms with E-state index in [1.54, 1.807) is 6.33 Å². The van der Waals surface area contributed by atoms with Crippen molar-refractivity contribution >= 4 is 5.78 Å². The Morgan fingerprint density at radius 2 is 1.75 bits per heavy atom. The minimum absolute atomic E-state index is 0.124. The molecule has 20 heavy (non-hydrogen) atoms. The SMILES string of the molecule is CC(=O)c1c(C)n(C23CC4CC(CC(C4)C2)C3)c[n+]1[O-]. The fourth-order valence-electron chi connectivity index (χ4n) is 5.77. The maximum absolute atomic E-state index is 12.1. The van der Waals surface area contributed by atoms with Crippen LogP contribution in [0.15, 0.2) is 6.33 Å². The second-order valence-corrected chi connectivity index (χ2v) is 7.44. The summed E-state index contributed by atoms with van der Waals surface area (Å²) in [5, 5.41) is 12.1. The van der Waals surface area contributed by atoms with Crippen molar-refractivity contribution in [2.75, 3.05) is 0 Å². The Morgan fingerprint density at radius 3 is 2.15 bits per heavy atom. The van der Waals surface area contributed by atoms with Gasteiger partial charge in [-0.15, -0.1) is 0 Å². The lowest BCUT2D eigenvalue weighted by molar-refractivity contribution is -0.607. The average molecular weight is 274 g/mol. The van der Waals surface area contributed by atoms with Crippen molar-refractivity contribution in [3.63, 3.8) is 0 Å². The van der Waals surface area contributed by atoms with Crippen LogP contribution in [0.3, 0.4) is 0 Å². The molecule has 1 aromatic rings. The van der Waals surface area contributed by atoms with Crippen LogP contribution in [0.25, 0.3) is 0 Å². The van der Waals surface area contributed by atoms with Gasteiger partial charge in [-0.1, -0.05) is 0 Å². The molecule has 108 valence electrons. The van der Waals surface area contributed by atoms with Crippen LogP contribution in [0, 0.1) is 29.9 Å². The van der Waals surface area contributed by atoms with Crippen LogP contribution in [-0.2, 0) is 5.54 Å². The molecule has 4 aliphatic carbocycles. The van der Waals surface area contributed by atoms with Crippen molar-refractivity contribution in [1.29, 1.82) is 0 Å². The minimum Gasteiger partial charge on any atom is -0.710 e. The minimum atomic E-state index is -0.124. The van der Waals surface area contributed by atoms with Gasteiger partial charge >= 0.3 is 0 Å². The van der Waals surface area contributed by atoms with Gasteiger partial charge in [0.2, 0.25) is 17.8 Å². The second kappa shape index (κ2) is 3.86. The molecule has 0 aromatic carbocycles. The van der Waals surface area contributed by atoms with Crippen LogP contribution in [0.1, 0.15) is 61.6 Å². The first kappa shape index (κ1) is 12.4. The van der Waals surface area contributed by atoms with Gasteiger partial charge in [0, 0.05) is 13.8 Å². The van der Waals surface area contributed by atoms with Gasteiger partial charge in [0.1, 0.15) is 5.54 Å². The Kier molecular flexibility index (Phi) is 2.40. The molecule has 4 heteroatoms. The third-order valence-corrected chi connectivity index (χ3v) is 6.00. The number of imidazole rings is 1. The van der Waals surface area contributed by atoms with Gasteiger partial charge in [0.05, 0.1) is 0 Å². The van der Waals surface area contributed by atoms with Crippen molar-refractivity contribution < 1.29 is 9.52 Å². The molecule has 5 rings (SSSR count). The van der Waals surface area contributed by atoms with Crippen molar-refractivity contribution in [1.82, 2.24) is 4.57 Å². The van der Waals surface area contributed by atoms with Gasteiger partial charge < -0.3 is 5.21 Å². The number of nitrogens with zero attached hydrogens (tertiary/aromatic N) is 2. The van der Waals surface area contributed by atoms with E-state index in [-0.39, 0.29) is 11.3 Å². The zero-order chi connectivity index (χ0) is 14.1. The highest BCUT2D eigenvalue weighted by Gasteiger charge is 2.55. The molecule has 4 bridgehead atoms. The smallest absolute Gasteiger partial charge is 0.248 e. The largest absolute Gasteiger partial charge is 0.710 e. The highest BCUT2D eigenvalue weighted by Crippen LogP contribution is 2.59. The zero-order valence-corrected chi connectivity index (χ0v) is 12.3. The van der Waals surface area contributed by atoms with Crippen LogP contribution in [0.2, 0.25) is 0 Å². The van der Waals surface area contributed by atoms with E-state index < -0.39 is 0 Å². The van der Waals surface area contributed by atoms with Crippen LogP contribution in [-0.4, -0.2) is 10.4 Å². The molecule has 0 atom stereocenters. The van der Waals surface area contributed by atoms with Gasteiger partial charge in [0.25, 0.3) is 0 Å². The maximum atomic E-state index is 12.1. The molecule has 0 aliphatic heterocycles. The molecule has 4 aliphatic rings. The molecule has 1 aromatic heterocycles. The van der Waals surface area contributed by atoms with E-state index >= 15 is 0 Å². The first-order valence-corrected chi connectivity index (χ1v) is 7.81. The molecule has 0 radical (unpaired) electrons. The summed E-state index contributed by atoms with van der Waals surface area (Å²) in [4.78, 5) is 11.7. The van der Waals surface area contributed by atoms with E-state index in [1.165, 1.54) is 45.4 Å². The van der Waals surface area contributed by atoms with Crippen LogP contribution in [0.4, 0.5) is 0 Å². The Hall–Kier alpha value is -1.32. The van der Waals surface area contributed by atoms with Gasteiger partial charge in [-0.2, -0.15) is 0 Å². The van der Waals surface area contributed by atoms with E-state index in [0.717, 1.165) is 28.2 Å². The summed E-state index contributed by atoms with van der Waals surface area (Å²) in [6, 6.07) is 0. The molecule has 0 amide bonds. The monoisotopic (exact) mass is 274 g/mol. The maximum Gasteiger partial charge on any atom is 0.248 e. The summed E-state index contributed by atoms with van der Waals surface area (Å²) in [7, 11) is 0. The van der Waals surface area contributed by atoms with Crippen LogP contribution < -0.4 is 4.73 Å². The topological polar surface area (TPSA) is 48.9 Å². The van der Waals surface area contributed by atoms with Crippen molar-refractivity contribution in [3.05, 3.63) is 22.9 Å². The first-order chi connectivity index (χ1) is 9.48. The number of hydrogen-bond donors (Lipinski definition) is 0. The average Bonchev–Trinajstić information content (AvgIpc) is 2.63. The Balaban J connectivity index is 1.81. The molecule has 4 saturated carbocycles. The van der Waals surface area contributed by atoms with Crippen molar-refractivity contribution in [3.8, 4) is 0 Å². The quantitative estimate of drug-likeness (QED) is 0.473. The van der Waals surface area contributed by atoms with Gasteiger partial charge in [0.15, 0.2) is 5.69 Å². The fourth-order valence-corrected chi connectivity index (χ4v) is 5.77. The zero-order valence-electron chi connectivity index (χ0n) is 12.3. The predicted molar refractivity (Wildman–Crippen MR) is 74.3 cm³/mol. The van der Waals surface area contributed by atoms with E-state index in [0.29, 0.717) is 5.69 Å². The predicted octanol–water partition coefficient (Wildman–Crippen LogP) is 2.56. The molecule has 4 fully saturated rings. The third-order valence-electron chi connectivity index (χ3n) is 6.00. The summed E-state index contributed by atoms with van der Waals surface area (Å²) < 4.78 is 2.96. The molecule has 0 N–H and O–H groups in total. The number of Topliss-reactive ketones (excluding diaryl/α,β-unsaturated/α-hetero) is 1. The standard InChI is InChI=1S/C16H22N2O2/c1-10-15(11(2)19)18(20)9-17(10)16-6-12-3-13(7-16)5-14(4-12)8-16/h9,12-14H,3-8H2,1-2H3. The number of carbonyl (C=O) groups excluding carboxylic acids is 1. The Morgan fingerprint density at radius 1 is 1.25 bits per heavy atom. The van der Waals surface area contributed by atoms with E-state index in [9.17, 15) is 10.0 Å². The summed E-state index contributed by atoms with van der Waals surface area (Å²) in [5.41, 5.74) is 1.33. The molecule has 1 heterocycles. The number of aromatic nitrogens is 2. The molecule has 0 spiro atoms. The van der Waals surface area contributed by atoms with E-state index in [2.05, 4.69) is 4.57 Å². The van der Waals surface area contributed by atoms with E-state index in [4.69, 9.17) is 0 Å². The number of rotatable bonds is 2. The fraction of sp³-hybridized carbons (Fsp3) is 0.750.